The molecule has 2 aliphatic rings. The minimum atomic E-state index is -3.89. The van der Waals surface area contributed by atoms with E-state index in [1.807, 2.05) is 18.2 Å². The van der Waals surface area contributed by atoms with Crippen LogP contribution in [0, 0.1) is 0 Å². The monoisotopic (exact) mass is 492 g/mol. The van der Waals surface area contributed by atoms with E-state index in [0.717, 1.165) is 24.8 Å². The Kier molecular flexibility index (Phi) is 7.33. The van der Waals surface area contributed by atoms with Crippen LogP contribution in [-0.2, 0) is 30.7 Å². The summed E-state index contributed by atoms with van der Waals surface area (Å²) < 4.78 is 37.5. The zero-order valence-corrected chi connectivity index (χ0v) is 19.5. The maximum Gasteiger partial charge on any atom is 0.338 e. The number of nitrogens with one attached hydrogen (secondary N) is 1. The lowest BCUT2D eigenvalue weighted by molar-refractivity contribution is -0.125. The van der Waals surface area contributed by atoms with Crippen LogP contribution in [0.15, 0.2) is 47.4 Å². The molecule has 1 aliphatic heterocycles. The number of amides is 1. The van der Waals surface area contributed by atoms with Crippen LogP contribution in [0.4, 0.5) is 0 Å². The standard InChI is InChI=1S/C23H25ClN2O6S/c24-19-9-8-17(14-21(19)33(29,30)26-10-12-31-13-11-26)23(28)32-15-22(27)25-20-7-3-5-16-4-1-2-6-18(16)20/h1-2,4,6,8-9,14,20H,3,5,7,10-13,15H2,(H,25,27)/t20-/m1/s1. The molecule has 0 spiro atoms. The second kappa shape index (κ2) is 10.2. The number of nitrogens with zero attached hydrogens (tertiary/aromatic N) is 1. The molecule has 8 nitrogen and oxygen atoms in total. The normalized spacial score (nSPS) is 18.9. The van der Waals surface area contributed by atoms with E-state index in [2.05, 4.69) is 11.4 Å². The molecule has 0 bridgehead atoms. The molecule has 1 N–H and O–H groups in total. The van der Waals surface area contributed by atoms with Gasteiger partial charge in [-0.1, -0.05) is 35.9 Å². The molecule has 1 aliphatic carbocycles. The van der Waals surface area contributed by atoms with E-state index in [-0.39, 0.29) is 34.6 Å². The van der Waals surface area contributed by atoms with Crippen molar-refractivity contribution in [2.45, 2.75) is 30.2 Å². The molecule has 0 saturated carbocycles. The average Bonchev–Trinajstić information content (AvgIpc) is 2.83. The molecule has 1 amide bonds. The average molecular weight is 493 g/mol. The van der Waals surface area contributed by atoms with Gasteiger partial charge in [-0.25, -0.2) is 13.2 Å². The minimum absolute atomic E-state index is 0.00189. The Morgan fingerprint density at radius 1 is 1.15 bits per heavy atom. The number of hydrogen-bond donors (Lipinski definition) is 1. The summed E-state index contributed by atoms with van der Waals surface area (Å²) in [5, 5.41) is 2.92. The highest BCUT2D eigenvalue weighted by atomic mass is 35.5. The number of ether oxygens (including phenoxy) is 2. The molecule has 33 heavy (non-hydrogen) atoms. The summed E-state index contributed by atoms with van der Waals surface area (Å²) in [6.45, 7) is 0.527. The lowest BCUT2D eigenvalue weighted by Crippen LogP contribution is -2.40. The van der Waals surface area contributed by atoms with E-state index in [9.17, 15) is 18.0 Å². The van der Waals surface area contributed by atoms with Crippen molar-refractivity contribution in [1.29, 1.82) is 0 Å². The first kappa shape index (κ1) is 23.7. The zero-order chi connectivity index (χ0) is 23.4. The van der Waals surface area contributed by atoms with Crippen molar-refractivity contribution in [1.82, 2.24) is 9.62 Å². The summed E-state index contributed by atoms with van der Waals surface area (Å²) in [7, 11) is -3.89. The smallest absolute Gasteiger partial charge is 0.338 e. The fourth-order valence-electron chi connectivity index (χ4n) is 4.11. The van der Waals surface area contributed by atoms with Gasteiger partial charge in [0.05, 0.1) is 29.8 Å². The Morgan fingerprint density at radius 3 is 2.70 bits per heavy atom. The molecule has 4 rings (SSSR count). The van der Waals surface area contributed by atoms with Crippen molar-refractivity contribution in [3.8, 4) is 0 Å². The highest BCUT2D eigenvalue weighted by molar-refractivity contribution is 7.89. The summed E-state index contributed by atoms with van der Waals surface area (Å²) in [6, 6.07) is 11.7. The van der Waals surface area contributed by atoms with Crippen molar-refractivity contribution in [3.63, 3.8) is 0 Å². The minimum Gasteiger partial charge on any atom is -0.452 e. The van der Waals surface area contributed by atoms with E-state index >= 15 is 0 Å². The van der Waals surface area contributed by atoms with E-state index < -0.39 is 28.5 Å². The number of fused-ring (bicyclic) bond motifs is 1. The summed E-state index contributed by atoms with van der Waals surface area (Å²) in [5.74, 6) is -1.22. The van der Waals surface area contributed by atoms with Crippen molar-refractivity contribution in [2.75, 3.05) is 32.9 Å². The van der Waals surface area contributed by atoms with Crippen LogP contribution < -0.4 is 5.32 Å². The molecule has 176 valence electrons. The van der Waals surface area contributed by atoms with E-state index in [0.29, 0.717) is 13.2 Å². The van der Waals surface area contributed by atoms with Crippen LogP contribution in [0.3, 0.4) is 0 Å². The van der Waals surface area contributed by atoms with Gasteiger partial charge >= 0.3 is 5.97 Å². The highest BCUT2D eigenvalue weighted by Crippen LogP contribution is 2.29. The summed E-state index contributed by atoms with van der Waals surface area (Å²) in [6.07, 6.45) is 2.76. The molecule has 0 aromatic heterocycles. The third kappa shape index (κ3) is 5.38. The lowest BCUT2D eigenvalue weighted by Gasteiger charge is -2.26. The number of morpholine rings is 1. The lowest BCUT2D eigenvalue weighted by atomic mass is 9.88. The van der Waals surface area contributed by atoms with Gasteiger partial charge in [0.1, 0.15) is 4.90 Å². The molecule has 1 atom stereocenters. The topological polar surface area (TPSA) is 102 Å². The summed E-state index contributed by atoms with van der Waals surface area (Å²) in [5.41, 5.74) is 2.29. The third-order valence-corrected chi connectivity index (χ3v) is 8.17. The van der Waals surface area contributed by atoms with Crippen molar-refractivity contribution in [2.24, 2.45) is 0 Å². The fourth-order valence-corrected chi connectivity index (χ4v) is 6.02. The number of benzene rings is 2. The van der Waals surface area contributed by atoms with Gasteiger partial charge < -0.3 is 14.8 Å². The quantitative estimate of drug-likeness (QED) is 0.622. The predicted molar refractivity (Wildman–Crippen MR) is 122 cm³/mol. The number of carbonyl (C=O) groups is 2. The van der Waals surface area contributed by atoms with E-state index in [1.165, 1.54) is 28.1 Å². The van der Waals surface area contributed by atoms with Crippen molar-refractivity contribution >= 4 is 33.5 Å². The van der Waals surface area contributed by atoms with Crippen molar-refractivity contribution in [3.05, 3.63) is 64.2 Å². The van der Waals surface area contributed by atoms with Crippen LogP contribution in [0.2, 0.25) is 5.02 Å². The molecule has 10 heteroatoms. The van der Waals surface area contributed by atoms with Gasteiger partial charge in [-0.05, 0) is 48.6 Å². The van der Waals surface area contributed by atoms with Gasteiger partial charge in [0, 0.05) is 13.1 Å². The highest BCUT2D eigenvalue weighted by Gasteiger charge is 2.29. The molecule has 0 unspecified atom stereocenters. The first-order chi connectivity index (χ1) is 15.9. The molecular weight excluding hydrogens is 468 g/mol. The van der Waals surface area contributed by atoms with Crippen LogP contribution in [-0.4, -0.2) is 57.5 Å². The second-order valence-corrected chi connectivity index (χ2v) is 10.3. The van der Waals surface area contributed by atoms with Crippen LogP contribution in [0.25, 0.3) is 0 Å². The maximum atomic E-state index is 12.9. The van der Waals surface area contributed by atoms with E-state index in [4.69, 9.17) is 21.1 Å². The van der Waals surface area contributed by atoms with Gasteiger partial charge in [0.2, 0.25) is 10.0 Å². The second-order valence-electron chi connectivity index (χ2n) is 7.95. The van der Waals surface area contributed by atoms with Gasteiger partial charge in [-0.15, -0.1) is 0 Å². The molecule has 1 fully saturated rings. The Hall–Kier alpha value is -2.46. The summed E-state index contributed by atoms with van der Waals surface area (Å²) >= 11 is 6.13. The fraction of sp³-hybridized carbons (Fsp3) is 0.391. The largest absolute Gasteiger partial charge is 0.452 e. The van der Waals surface area contributed by atoms with Crippen LogP contribution in [0.1, 0.15) is 40.4 Å². The molecule has 2 aromatic rings. The SMILES string of the molecule is O=C(COC(=O)c1ccc(Cl)c(S(=O)(=O)N2CCOCC2)c1)N[C@@H]1CCCc2ccccc21. The Bertz CT molecular complexity index is 1150. The Morgan fingerprint density at radius 2 is 1.91 bits per heavy atom. The van der Waals surface area contributed by atoms with Gasteiger partial charge in [-0.3, -0.25) is 4.79 Å². The van der Waals surface area contributed by atoms with E-state index in [1.54, 1.807) is 0 Å². The van der Waals surface area contributed by atoms with Gasteiger partial charge in [0.15, 0.2) is 6.61 Å². The molecule has 2 aromatic carbocycles. The van der Waals surface area contributed by atoms with Crippen LogP contribution in [0.5, 0.6) is 0 Å². The first-order valence-electron chi connectivity index (χ1n) is 10.8. The van der Waals surface area contributed by atoms with Gasteiger partial charge in [0.25, 0.3) is 5.91 Å². The van der Waals surface area contributed by atoms with Gasteiger partial charge in [-0.2, -0.15) is 4.31 Å². The number of esters is 1. The van der Waals surface area contributed by atoms with Crippen molar-refractivity contribution < 1.29 is 27.5 Å². The third-order valence-electron chi connectivity index (χ3n) is 5.79. The molecular formula is C23H25ClN2O6S. The maximum absolute atomic E-state index is 12.9. The number of rotatable bonds is 6. The number of sulfonamides is 1. The first-order valence-corrected chi connectivity index (χ1v) is 12.6. The molecule has 1 heterocycles. The predicted octanol–water partition coefficient (Wildman–Crippen LogP) is 2.71. The Labute approximate surface area is 197 Å². The van der Waals surface area contributed by atoms with Crippen LogP contribution >= 0.6 is 11.6 Å². The summed E-state index contributed by atoms with van der Waals surface area (Å²) in [4.78, 5) is 24.8. The number of hydrogen-bond acceptors (Lipinski definition) is 6. The number of aryl methyl sites for hydroxylation is 1. The number of carbonyl (C=O) groups excluding carboxylic acids is 2. The number of halogens is 1. The molecule has 0 radical (unpaired) electrons. The zero-order valence-electron chi connectivity index (χ0n) is 18.0. The molecule has 1 saturated heterocycles. The Balaban J connectivity index is 1.40.